The lowest BCUT2D eigenvalue weighted by molar-refractivity contribution is -0.128. The van der Waals surface area contributed by atoms with Crippen LogP contribution in [0.1, 0.15) is 32.3 Å². The number of ether oxygens (including phenoxy) is 1. The van der Waals surface area contributed by atoms with Crippen molar-refractivity contribution in [2.75, 3.05) is 26.8 Å². The van der Waals surface area contributed by atoms with E-state index in [1.807, 2.05) is 29.2 Å². The topological polar surface area (TPSA) is 49.8 Å². The number of likely N-dealkylation sites (tertiary alicyclic amines) is 1. The van der Waals surface area contributed by atoms with Gasteiger partial charge in [0.2, 0.25) is 5.91 Å². The monoisotopic (exact) mass is 331 g/mol. The zero-order valence-corrected chi connectivity index (χ0v) is 15.0. The lowest BCUT2D eigenvalue weighted by atomic mass is 9.74. The van der Waals surface area contributed by atoms with Crippen molar-refractivity contribution in [3.8, 4) is 5.75 Å². The summed E-state index contributed by atoms with van der Waals surface area (Å²) < 4.78 is 5.28. The summed E-state index contributed by atoms with van der Waals surface area (Å²) in [6.45, 7) is 5.67. The minimum atomic E-state index is -0.148. The van der Waals surface area contributed by atoms with E-state index in [9.17, 15) is 9.90 Å². The number of amides is 1. The van der Waals surface area contributed by atoms with Gasteiger partial charge in [0.25, 0.3) is 0 Å². The van der Waals surface area contributed by atoms with E-state index in [0.29, 0.717) is 19.0 Å². The molecule has 0 spiro atoms. The highest BCUT2D eigenvalue weighted by Crippen LogP contribution is 2.35. The lowest BCUT2D eigenvalue weighted by Gasteiger charge is -2.40. The standard InChI is InChI=1S/C20H29NO3/c1-16(2)7-8-19(23)21-11-9-20(15-22,10-12-21)14-17-5-4-6-18(13-17)24-3/h4-8,13,16,22H,9-12,14-15H2,1-3H3/b8-7+. The second-order valence-electron chi connectivity index (χ2n) is 7.11. The number of nitrogens with zero attached hydrogens (tertiary/aromatic N) is 1. The summed E-state index contributed by atoms with van der Waals surface area (Å²) in [5.41, 5.74) is 1.02. The zero-order chi connectivity index (χ0) is 17.6. The Balaban J connectivity index is 1.99. The van der Waals surface area contributed by atoms with Crippen LogP contribution in [-0.4, -0.2) is 42.7 Å². The molecule has 1 heterocycles. The van der Waals surface area contributed by atoms with Crippen LogP contribution >= 0.6 is 0 Å². The molecule has 4 nitrogen and oxygen atoms in total. The number of rotatable bonds is 6. The molecule has 0 unspecified atom stereocenters. The van der Waals surface area contributed by atoms with Crippen molar-refractivity contribution in [1.82, 2.24) is 4.90 Å². The first-order valence-electron chi connectivity index (χ1n) is 8.69. The number of benzene rings is 1. The average Bonchev–Trinajstić information content (AvgIpc) is 2.60. The Morgan fingerprint density at radius 1 is 1.38 bits per heavy atom. The van der Waals surface area contributed by atoms with Gasteiger partial charge in [-0.1, -0.05) is 32.1 Å². The third-order valence-corrected chi connectivity index (χ3v) is 4.81. The molecule has 1 N–H and O–H groups in total. The maximum absolute atomic E-state index is 12.2. The third-order valence-electron chi connectivity index (χ3n) is 4.81. The second-order valence-corrected chi connectivity index (χ2v) is 7.11. The van der Waals surface area contributed by atoms with Crippen LogP contribution in [0.5, 0.6) is 5.75 Å². The Bertz CT molecular complexity index is 572. The van der Waals surface area contributed by atoms with Crippen molar-refractivity contribution in [3.05, 3.63) is 42.0 Å². The van der Waals surface area contributed by atoms with E-state index in [2.05, 4.69) is 19.9 Å². The summed E-state index contributed by atoms with van der Waals surface area (Å²) >= 11 is 0. The molecule has 4 heteroatoms. The summed E-state index contributed by atoms with van der Waals surface area (Å²) in [4.78, 5) is 14.1. The number of carbonyl (C=O) groups is 1. The van der Waals surface area contributed by atoms with Crippen LogP contribution in [0, 0.1) is 11.3 Å². The first kappa shape index (κ1) is 18.5. The molecule has 1 aromatic carbocycles. The van der Waals surface area contributed by atoms with Crippen molar-refractivity contribution in [3.63, 3.8) is 0 Å². The molecule has 0 radical (unpaired) electrons. The molecule has 1 aliphatic rings. The van der Waals surface area contributed by atoms with Gasteiger partial charge in [-0.3, -0.25) is 4.79 Å². The van der Waals surface area contributed by atoms with Gasteiger partial charge in [-0.25, -0.2) is 0 Å². The average molecular weight is 331 g/mol. The van der Waals surface area contributed by atoms with E-state index in [1.165, 1.54) is 5.56 Å². The summed E-state index contributed by atoms with van der Waals surface area (Å²) in [7, 11) is 1.66. The second kappa shape index (κ2) is 8.34. The fraction of sp³-hybridized carbons (Fsp3) is 0.550. The van der Waals surface area contributed by atoms with Crippen molar-refractivity contribution >= 4 is 5.91 Å². The van der Waals surface area contributed by atoms with Gasteiger partial charge in [0.1, 0.15) is 5.75 Å². The van der Waals surface area contributed by atoms with Crippen LogP contribution in [0.2, 0.25) is 0 Å². The van der Waals surface area contributed by atoms with Crippen LogP contribution in [0.25, 0.3) is 0 Å². The molecule has 24 heavy (non-hydrogen) atoms. The van der Waals surface area contributed by atoms with Crippen molar-refractivity contribution in [2.24, 2.45) is 11.3 Å². The fourth-order valence-electron chi connectivity index (χ4n) is 3.19. The molecule has 132 valence electrons. The number of hydrogen-bond donors (Lipinski definition) is 1. The fourth-order valence-corrected chi connectivity index (χ4v) is 3.19. The predicted octanol–water partition coefficient (Wildman–Crippen LogP) is 3.05. The summed E-state index contributed by atoms with van der Waals surface area (Å²) in [6, 6.07) is 8.01. The molecule has 1 fully saturated rings. The minimum absolute atomic E-state index is 0.0802. The van der Waals surface area contributed by atoms with Gasteiger partial charge < -0.3 is 14.7 Å². The minimum Gasteiger partial charge on any atom is -0.497 e. The van der Waals surface area contributed by atoms with Crippen LogP contribution in [0.4, 0.5) is 0 Å². The first-order valence-corrected chi connectivity index (χ1v) is 8.69. The Kier molecular flexibility index (Phi) is 6.44. The van der Waals surface area contributed by atoms with Gasteiger partial charge in [-0.15, -0.1) is 0 Å². The van der Waals surface area contributed by atoms with Crippen molar-refractivity contribution in [2.45, 2.75) is 33.1 Å². The van der Waals surface area contributed by atoms with E-state index in [1.54, 1.807) is 13.2 Å². The number of allylic oxidation sites excluding steroid dienone is 1. The van der Waals surface area contributed by atoms with Gasteiger partial charge >= 0.3 is 0 Å². The highest BCUT2D eigenvalue weighted by atomic mass is 16.5. The van der Waals surface area contributed by atoms with E-state index in [4.69, 9.17) is 4.74 Å². The maximum Gasteiger partial charge on any atom is 0.246 e. The highest BCUT2D eigenvalue weighted by Gasteiger charge is 2.35. The Morgan fingerprint density at radius 2 is 2.08 bits per heavy atom. The number of hydrogen-bond acceptors (Lipinski definition) is 3. The largest absolute Gasteiger partial charge is 0.497 e. The number of carbonyl (C=O) groups excluding carboxylic acids is 1. The van der Waals surface area contributed by atoms with Gasteiger partial charge in [-0.2, -0.15) is 0 Å². The maximum atomic E-state index is 12.2. The zero-order valence-electron chi connectivity index (χ0n) is 15.0. The molecule has 0 atom stereocenters. The Morgan fingerprint density at radius 3 is 2.67 bits per heavy atom. The SMILES string of the molecule is COc1cccc(CC2(CO)CCN(C(=O)/C=C/C(C)C)CC2)c1. The smallest absolute Gasteiger partial charge is 0.246 e. The highest BCUT2D eigenvalue weighted by molar-refractivity contribution is 5.87. The van der Waals surface area contributed by atoms with E-state index < -0.39 is 0 Å². The molecule has 0 aromatic heterocycles. The number of methoxy groups -OCH3 is 1. The molecule has 1 aliphatic heterocycles. The first-order chi connectivity index (χ1) is 11.5. The van der Waals surface area contributed by atoms with Gasteiger partial charge in [0.05, 0.1) is 7.11 Å². The molecular weight excluding hydrogens is 302 g/mol. The Labute approximate surface area is 145 Å². The molecule has 0 aliphatic carbocycles. The summed E-state index contributed by atoms with van der Waals surface area (Å²) in [6.07, 6.45) is 6.07. The number of aliphatic hydroxyl groups is 1. The molecule has 1 aromatic rings. The van der Waals surface area contributed by atoms with Gasteiger partial charge in [-0.05, 0) is 49.0 Å². The van der Waals surface area contributed by atoms with Gasteiger partial charge in [0.15, 0.2) is 0 Å². The number of piperidine rings is 1. The third kappa shape index (κ3) is 4.84. The predicted molar refractivity (Wildman–Crippen MR) is 96.0 cm³/mol. The molecular formula is C20H29NO3. The summed E-state index contributed by atoms with van der Waals surface area (Å²) in [5.74, 6) is 1.30. The molecule has 1 amide bonds. The summed E-state index contributed by atoms with van der Waals surface area (Å²) in [5, 5.41) is 9.98. The van der Waals surface area contributed by atoms with Crippen LogP contribution < -0.4 is 4.74 Å². The van der Waals surface area contributed by atoms with E-state index >= 15 is 0 Å². The van der Waals surface area contributed by atoms with Crippen molar-refractivity contribution < 1.29 is 14.6 Å². The Hall–Kier alpha value is -1.81. The van der Waals surface area contributed by atoms with Crippen LogP contribution in [0.3, 0.4) is 0 Å². The van der Waals surface area contributed by atoms with Gasteiger partial charge in [0, 0.05) is 25.1 Å². The quantitative estimate of drug-likeness (QED) is 0.815. The molecule has 0 bridgehead atoms. The lowest BCUT2D eigenvalue weighted by Crippen LogP contribution is -2.45. The molecule has 2 rings (SSSR count). The molecule has 1 saturated heterocycles. The van der Waals surface area contributed by atoms with Crippen molar-refractivity contribution in [1.29, 1.82) is 0 Å². The van der Waals surface area contributed by atoms with Crippen LogP contribution in [0.15, 0.2) is 36.4 Å². The normalized spacial score (nSPS) is 17.5. The van der Waals surface area contributed by atoms with E-state index in [0.717, 1.165) is 25.0 Å². The number of aliphatic hydroxyl groups excluding tert-OH is 1. The molecule has 0 saturated carbocycles. The van der Waals surface area contributed by atoms with E-state index in [-0.39, 0.29) is 17.9 Å². The van der Waals surface area contributed by atoms with Crippen LogP contribution in [-0.2, 0) is 11.2 Å².